The summed E-state index contributed by atoms with van der Waals surface area (Å²) in [6.45, 7) is 3.63. The molecule has 7 nitrogen and oxygen atoms in total. The number of phenolic OH excluding ortho intramolecular Hbond substituents is 1. The zero-order chi connectivity index (χ0) is 21.5. The van der Waals surface area contributed by atoms with Crippen molar-refractivity contribution in [1.29, 1.82) is 0 Å². The average Bonchev–Trinajstić information content (AvgIpc) is 2.78. The molecule has 30 heavy (non-hydrogen) atoms. The maximum atomic E-state index is 12.6. The van der Waals surface area contributed by atoms with Gasteiger partial charge in [0.05, 0.1) is 7.11 Å². The predicted molar refractivity (Wildman–Crippen MR) is 113 cm³/mol. The Morgan fingerprint density at radius 1 is 1.17 bits per heavy atom. The number of phenols is 1. The number of carbonyl (C=O) groups is 2. The molecule has 1 aromatic carbocycles. The number of amides is 2. The van der Waals surface area contributed by atoms with E-state index in [1.807, 2.05) is 0 Å². The van der Waals surface area contributed by atoms with Crippen molar-refractivity contribution in [3.8, 4) is 11.5 Å². The molecule has 0 bridgehead atoms. The Balaban J connectivity index is 1.43. The van der Waals surface area contributed by atoms with E-state index in [4.69, 9.17) is 9.47 Å². The summed E-state index contributed by atoms with van der Waals surface area (Å²) >= 11 is 0. The first-order valence-corrected chi connectivity index (χ1v) is 11.1. The molecule has 2 N–H and O–H groups in total. The number of carbonyl (C=O) groups excluding carboxylic acids is 2. The van der Waals surface area contributed by atoms with Crippen molar-refractivity contribution in [2.45, 2.75) is 64.5 Å². The van der Waals surface area contributed by atoms with Gasteiger partial charge in [0.2, 0.25) is 5.91 Å². The van der Waals surface area contributed by atoms with Gasteiger partial charge < -0.3 is 24.8 Å². The monoisotopic (exact) mass is 418 g/mol. The molecule has 166 valence electrons. The van der Waals surface area contributed by atoms with Gasteiger partial charge in [-0.1, -0.05) is 19.4 Å². The maximum absolute atomic E-state index is 12.6. The topological polar surface area (TPSA) is 88.1 Å². The first-order chi connectivity index (χ1) is 14.5. The summed E-state index contributed by atoms with van der Waals surface area (Å²) in [4.78, 5) is 26.9. The van der Waals surface area contributed by atoms with Gasteiger partial charge in [0.15, 0.2) is 11.5 Å². The summed E-state index contributed by atoms with van der Waals surface area (Å²) in [6, 6.07) is 5.02. The molecular formula is C23H34N2O5. The minimum absolute atomic E-state index is 0.00612. The van der Waals surface area contributed by atoms with Gasteiger partial charge in [0.1, 0.15) is 6.10 Å². The van der Waals surface area contributed by atoms with Crippen LogP contribution in [0.1, 0.15) is 57.4 Å². The van der Waals surface area contributed by atoms with Crippen LogP contribution in [0.15, 0.2) is 18.2 Å². The Morgan fingerprint density at radius 3 is 2.60 bits per heavy atom. The number of piperidine rings is 1. The summed E-state index contributed by atoms with van der Waals surface area (Å²) in [5, 5.41) is 12.6. The van der Waals surface area contributed by atoms with Crippen LogP contribution in [0.3, 0.4) is 0 Å². The van der Waals surface area contributed by atoms with Crippen molar-refractivity contribution in [2.24, 2.45) is 11.8 Å². The highest BCUT2D eigenvalue weighted by molar-refractivity contribution is 5.79. The molecular weight excluding hydrogens is 384 g/mol. The highest BCUT2D eigenvalue weighted by Gasteiger charge is 2.32. The van der Waals surface area contributed by atoms with Crippen molar-refractivity contribution < 1.29 is 24.2 Å². The van der Waals surface area contributed by atoms with E-state index >= 15 is 0 Å². The minimum Gasteiger partial charge on any atom is -0.504 e. The number of hydrogen-bond donors (Lipinski definition) is 2. The summed E-state index contributed by atoms with van der Waals surface area (Å²) < 4.78 is 10.9. The van der Waals surface area contributed by atoms with Crippen LogP contribution < -0.4 is 10.1 Å². The van der Waals surface area contributed by atoms with Gasteiger partial charge in [0, 0.05) is 25.6 Å². The van der Waals surface area contributed by atoms with Gasteiger partial charge in [-0.2, -0.15) is 0 Å². The summed E-state index contributed by atoms with van der Waals surface area (Å²) in [5.74, 6) is 0.825. The van der Waals surface area contributed by atoms with Crippen LogP contribution in [-0.2, 0) is 16.1 Å². The van der Waals surface area contributed by atoms with Gasteiger partial charge in [-0.25, -0.2) is 4.79 Å². The zero-order valence-electron chi connectivity index (χ0n) is 18.1. The molecule has 2 amide bonds. The number of rotatable bonds is 6. The molecule has 0 spiro atoms. The molecule has 1 aliphatic carbocycles. The van der Waals surface area contributed by atoms with E-state index in [1.54, 1.807) is 23.1 Å². The highest BCUT2D eigenvalue weighted by Crippen LogP contribution is 2.30. The van der Waals surface area contributed by atoms with Gasteiger partial charge in [0.25, 0.3) is 0 Å². The molecule has 0 aromatic heterocycles. The molecule has 1 saturated heterocycles. The first-order valence-electron chi connectivity index (χ1n) is 11.1. The Labute approximate surface area is 178 Å². The third-order valence-corrected chi connectivity index (χ3v) is 6.45. The first kappa shape index (κ1) is 22.2. The van der Waals surface area contributed by atoms with Gasteiger partial charge in [-0.05, 0) is 62.1 Å². The quantitative estimate of drug-likeness (QED) is 0.733. The average molecular weight is 419 g/mol. The molecule has 1 aromatic rings. The largest absolute Gasteiger partial charge is 0.504 e. The molecule has 1 saturated carbocycles. The van der Waals surface area contributed by atoms with E-state index in [0.29, 0.717) is 44.1 Å². The van der Waals surface area contributed by atoms with Crippen LogP contribution in [-0.4, -0.2) is 48.3 Å². The number of methoxy groups -OCH3 is 1. The Hall–Kier alpha value is -2.44. The summed E-state index contributed by atoms with van der Waals surface area (Å²) in [7, 11) is 1.49. The fourth-order valence-corrected chi connectivity index (χ4v) is 4.49. The predicted octanol–water partition coefficient (Wildman–Crippen LogP) is 3.83. The summed E-state index contributed by atoms with van der Waals surface area (Å²) in [5.41, 5.74) is 0.858. The normalized spacial score (nSPS) is 22.4. The highest BCUT2D eigenvalue weighted by atomic mass is 16.6. The summed E-state index contributed by atoms with van der Waals surface area (Å²) in [6.07, 6.45) is 6.61. The van der Waals surface area contributed by atoms with E-state index < -0.39 is 0 Å². The number of nitrogens with one attached hydrogen (secondary N) is 1. The molecule has 2 fully saturated rings. The van der Waals surface area contributed by atoms with Crippen LogP contribution in [0.5, 0.6) is 11.5 Å². The van der Waals surface area contributed by atoms with Crippen LogP contribution in [0.2, 0.25) is 0 Å². The molecule has 2 aliphatic rings. The second-order valence-corrected chi connectivity index (χ2v) is 8.36. The van der Waals surface area contributed by atoms with Crippen molar-refractivity contribution >= 4 is 12.0 Å². The van der Waals surface area contributed by atoms with Crippen molar-refractivity contribution in [3.63, 3.8) is 0 Å². The minimum atomic E-state index is -0.226. The van der Waals surface area contributed by atoms with Gasteiger partial charge >= 0.3 is 6.09 Å². The molecule has 1 aliphatic heterocycles. The van der Waals surface area contributed by atoms with Crippen molar-refractivity contribution in [2.75, 3.05) is 20.2 Å². The Morgan fingerprint density at radius 2 is 1.90 bits per heavy atom. The lowest BCUT2D eigenvalue weighted by molar-refractivity contribution is -0.126. The van der Waals surface area contributed by atoms with Crippen molar-refractivity contribution in [3.05, 3.63) is 23.8 Å². The lowest BCUT2D eigenvalue weighted by Gasteiger charge is -2.35. The van der Waals surface area contributed by atoms with E-state index in [2.05, 4.69) is 12.2 Å². The molecule has 2 atom stereocenters. The van der Waals surface area contributed by atoms with E-state index in [0.717, 1.165) is 31.2 Å². The van der Waals surface area contributed by atoms with Gasteiger partial charge in [-0.3, -0.25) is 4.79 Å². The van der Waals surface area contributed by atoms with Crippen LogP contribution in [0.4, 0.5) is 4.79 Å². The third kappa shape index (κ3) is 5.58. The van der Waals surface area contributed by atoms with Crippen LogP contribution in [0, 0.1) is 11.8 Å². The number of aromatic hydroxyl groups is 1. The second-order valence-electron chi connectivity index (χ2n) is 8.36. The fraction of sp³-hybridized carbons (Fsp3) is 0.652. The smallest absolute Gasteiger partial charge is 0.410 e. The molecule has 0 radical (unpaired) electrons. The lowest BCUT2D eigenvalue weighted by Crippen LogP contribution is -2.44. The van der Waals surface area contributed by atoms with Crippen LogP contribution >= 0.6 is 0 Å². The van der Waals surface area contributed by atoms with Crippen LogP contribution in [0.25, 0.3) is 0 Å². The third-order valence-electron chi connectivity index (χ3n) is 6.45. The number of ether oxygens (including phenoxy) is 2. The number of likely N-dealkylation sites (tertiary alicyclic amines) is 1. The SMILES string of the molecule is CC[C@@H]1CCCC[C@H]1OC(=O)N1CCC(C(=O)NCc2ccc(O)c(OC)c2)CC1. The van der Waals surface area contributed by atoms with E-state index in [9.17, 15) is 14.7 Å². The number of nitrogens with zero attached hydrogens (tertiary/aromatic N) is 1. The molecule has 7 heteroatoms. The second kappa shape index (κ2) is 10.5. The standard InChI is InChI=1S/C23H34N2O5/c1-3-17-6-4-5-7-20(17)30-23(28)25-12-10-18(11-13-25)22(27)24-15-16-8-9-19(26)21(14-16)29-2/h8-9,14,17-18,20,26H,3-7,10-13,15H2,1-2H3,(H,24,27)/t17-,20-/m1/s1. The fourth-order valence-electron chi connectivity index (χ4n) is 4.49. The lowest BCUT2D eigenvalue weighted by atomic mass is 9.85. The maximum Gasteiger partial charge on any atom is 0.410 e. The molecule has 0 unspecified atom stereocenters. The zero-order valence-corrected chi connectivity index (χ0v) is 18.1. The van der Waals surface area contributed by atoms with E-state index in [-0.39, 0.29) is 29.8 Å². The van der Waals surface area contributed by atoms with E-state index in [1.165, 1.54) is 13.5 Å². The number of benzene rings is 1. The van der Waals surface area contributed by atoms with Gasteiger partial charge in [-0.15, -0.1) is 0 Å². The molecule has 1 heterocycles. The Bertz CT molecular complexity index is 730. The number of hydrogen-bond acceptors (Lipinski definition) is 5. The van der Waals surface area contributed by atoms with Crippen molar-refractivity contribution in [1.82, 2.24) is 10.2 Å². The Kier molecular flexibility index (Phi) is 7.82. The molecule has 3 rings (SSSR count).